The van der Waals surface area contributed by atoms with E-state index in [1.165, 1.54) is 23.5 Å². The third-order valence-electron chi connectivity index (χ3n) is 3.50. The normalized spacial score (nSPS) is 10.3. The van der Waals surface area contributed by atoms with Gasteiger partial charge in [0.2, 0.25) is 0 Å². The Balaban J connectivity index is 2.01. The quantitative estimate of drug-likeness (QED) is 0.545. The lowest BCUT2D eigenvalue weighted by molar-refractivity contribution is 0.111. The van der Waals surface area contributed by atoms with Crippen molar-refractivity contribution in [3.63, 3.8) is 0 Å². The minimum atomic E-state index is -0.297. The number of hydrogen-bond acceptors (Lipinski definition) is 5. The summed E-state index contributed by atoms with van der Waals surface area (Å²) >= 11 is 4.68. The largest absolute Gasteiger partial charge is 0.313 e. The average Bonchev–Trinajstić information content (AvgIpc) is 3.02. The molecule has 1 aromatic heterocycles. The van der Waals surface area contributed by atoms with Crippen LogP contribution in [0.5, 0.6) is 0 Å². The van der Waals surface area contributed by atoms with E-state index in [0.29, 0.717) is 33.0 Å². The van der Waals surface area contributed by atoms with E-state index in [9.17, 15) is 9.18 Å². The van der Waals surface area contributed by atoms with Gasteiger partial charge in [0.05, 0.1) is 18.2 Å². The molecule has 2 aromatic carbocycles. The maximum absolute atomic E-state index is 13.2. The number of rotatable bonds is 5. The van der Waals surface area contributed by atoms with Gasteiger partial charge < -0.3 is 4.90 Å². The first-order chi connectivity index (χ1) is 12.1. The molecule has 3 rings (SSSR count). The number of carbonyl (C=O) groups excluding carboxylic acids is 1. The Bertz CT molecular complexity index is 932. The Morgan fingerprint density at radius 3 is 2.44 bits per heavy atom. The van der Waals surface area contributed by atoms with E-state index in [1.54, 1.807) is 24.3 Å². The lowest BCUT2D eigenvalue weighted by Gasteiger charge is -2.22. The number of thiazole rings is 1. The number of benzene rings is 2. The summed E-state index contributed by atoms with van der Waals surface area (Å²) in [6.07, 6.45) is 0.693. The van der Waals surface area contributed by atoms with Gasteiger partial charge in [-0.3, -0.25) is 4.79 Å². The van der Waals surface area contributed by atoms with Crippen molar-refractivity contribution in [2.75, 3.05) is 4.90 Å². The second-order valence-corrected chi connectivity index (χ2v) is 7.44. The molecule has 3 aromatic rings. The van der Waals surface area contributed by atoms with Gasteiger partial charge in [-0.2, -0.15) is 5.26 Å². The lowest BCUT2D eigenvalue weighted by Crippen LogP contribution is -2.16. The predicted octanol–water partition coefficient (Wildman–Crippen LogP) is 5.07. The molecule has 0 N–H and O–H groups in total. The summed E-state index contributed by atoms with van der Waals surface area (Å²) in [5.74, 6) is -0.297. The Kier molecular flexibility index (Phi) is 5.22. The van der Waals surface area contributed by atoms with Crippen molar-refractivity contribution in [2.45, 2.75) is 6.54 Å². The second kappa shape index (κ2) is 7.55. The Hall–Kier alpha value is -2.56. The highest BCUT2D eigenvalue weighted by Gasteiger charge is 2.17. The molecule has 25 heavy (non-hydrogen) atoms. The molecule has 4 nitrogen and oxygen atoms in total. The van der Waals surface area contributed by atoms with Gasteiger partial charge in [-0.25, -0.2) is 9.37 Å². The van der Waals surface area contributed by atoms with Crippen LogP contribution in [0, 0.1) is 17.1 Å². The van der Waals surface area contributed by atoms with Crippen LogP contribution in [0.2, 0.25) is 0 Å². The molecule has 124 valence electrons. The zero-order chi connectivity index (χ0) is 17.8. The monoisotopic (exact) mass is 415 g/mol. The van der Waals surface area contributed by atoms with Gasteiger partial charge in [-0.05, 0) is 57.9 Å². The van der Waals surface area contributed by atoms with Crippen LogP contribution in [0.25, 0.3) is 0 Å². The first-order valence-electron chi connectivity index (χ1n) is 7.24. The van der Waals surface area contributed by atoms with Gasteiger partial charge in [0.25, 0.3) is 0 Å². The van der Waals surface area contributed by atoms with E-state index in [-0.39, 0.29) is 5.82 Å². The molecule has 0 radical (unpaired) electrons. The SMILES string of the molecule is N#Cc1ccc(N(Cc2ccc(F)cc2)c2nc(C=O)c(Br)s2)cc1. The Morgan fingerprint density at radius 2 is 1.88 bits per heavy atom. The van der Waals surface area contributed by atoms with Gasteiger partial charge in [0.1, 0.15) is 15.3 Å². The minimum absolute atomic E-state index is 0.297. The number of hydrogen-bond donors (Lipinski definition) is 0. The number of nitrogens with zero attached hydrogens (tertiary/aromatic N) is 3. The average molecular weight is 416 g/mol. The number of carbonyl (C=O) groups is 1. The van der Waals surface area contributed by atoms with Crippen LogP contribution in [0.4, 0.5) is 15.2 Å². The maximum atomic E-state index is 13.2. The second-order valence-electron chi connectivity index (χ2n) is 5.14. The zero-order valence-electron chi connectivity index (χ0n) is 12.8. The van der Waals surface area contributed by atoms with Gasteiger partial charge >= 0.3 is 0 Å². The Morgan fingerprint density at radius 1 is 1.20 bits per heavy atom. The van der Waals surface area contributed by atoms with Crippen molar-refractivity contribution in [2.24, 2.45) is 0 Å². The minimum Gasteiger partial charge on any atom is -0.313 e. The van der Waals surface area contributed by atoms with Gasteiger partial charge in [0, 0.05) is 5.69 Å². The standard InChI is InChI=1S/C18H11BrFN3OS/c19-17-16(11-24)22-18(25-17)23(10-13-1-5-14(20)6-2-13)15-7-3-12(9-21)4-8-15/h1-8,11H,10H2. The van der Waals surface area contributed by atoms with Crippen LogP contribution in [-0.2, 0) is 6.54 Å². The van der Waals surface area contributed by atoms with E-state index in [1.807, 2.05) is 17.0 Å². The summed E-state index contributed by atoms with van der Waals surface area (Å²) in [7, 11) is 0. The fourth-order valence-electron chi connectivity index (χ4n) is 2.25. The van der Waals surface area contributed by atoms with Gasteiger partial charge in [-0.15, -0.1) is 0 Å². The highest BCUT2D eigenvalue weighted by Crippen LogP contribution is 2.35. The van der Waals surface area contributed by atoms with Crippen molar-refractivity contribution in [1.29, 1.82) is 5.26 Å². The summed E-state index contributed by atoms with van der Waals surface area (Å²) in [4.78, 5) is 17.4. The number of halogens is 2. The van der Waals surface area contributed by atoms with Crippen LogP contribution >= 0.6 is 27.3 Å². The lowest BCUT2D eigenvalue weighted by atomic mass is 10.1. The van der Waals surface area contributed by atoms with Crippen molar-refractivity contribution >= 4 is 44.4 Å². The van der Waals surface area contributed by atoms with Crippen LogP contribution < -0.4 is 4.90 Å². The van der Waals surface area contributed by atoms with Crippen molar-refractivity contribution < 1.29 is 9.18 Å². The highest BCUT2D eigenvalue weighted by atomic mass is 79.9. The molecule has 0 atom stereocenters. The van der Waals surface area contributed by atoms with Crippen LogP contribution in [0.15, 0.2) is 52.3 Å². The van der Waals surface area contributed by atoms with Crippen molar-refractivity contribution in [3.8, 4) is 6.07 Å². The highest BCUT2D eigenvalue weighted by molar-refractivity contribution is 9.11. The summed E-state index contributed by atoms with van der Waals surface area (Å²) in [5, 5.41) is 9.59. The molecule has 0 aliphatic carbocycles. The molecule has 0 saturated carbocycles. The van der Waals surface area contributed by atoms with E-state index in [4.69, 9.17) is 5.26 Å². The van der Waals surface area contributed by atoms with Crippen LogP contribution in [-0.4, -0.2) is 11.3 Å². The van der Waals surface area contributed by atoms with Gasteiger partial charge in [0.15, 0.2) is 11.4 Å². The molecule has 0 spiro atoms. The summed E-state index contributed by atoms with van der Waals surface area (Å²) in [6.45, 7) is 0.449. The molecule has 0 aliphatic rings. The van der Waals surface area contributed by atoms with Crippen LogP contribution in [0.3, 0.4) is 0 Å². The smallest absolute Gasteiger partial charge is 0.191 e. The van der Waals surface area contributed by atoms with E-state index < -0.39 is 0 Å². The third-order valence-corrected chi connectivity index (χ3v) is 5.28. The zero-order valence-corrected chi connectivity index (χ0v) is 15.2. The molecule has 0 bridgehead atoms. The summed E-state index contributed by atoms with van der Waals surface area (Å²) in [5.41, 5.74) is 2.60. The van der Waals surface area contributed by atoms with E-state index >= 15 is 0 Å². The number of nitriles is 1. The maximum Gasteiger partial charge on any atom is 0.191 e. The first kappa shape index (κ1) is 17.3. The molecule has 1 heterocycles. The van der Waals surface area contributed by atoms with E-state index in [0.717, 1.165) is 11.3 Å². The molecule has 7 heteroatoms. The summed E-state index contributed by atoms with van der Waals surface area (Å²) in [6, 6.07) is 15.4. The third kappa shape index (κ3) is 3.92. The number of aldehydes is 1. The molecule has 0 saturated heterocycles. The van der Waals surface area contributed by atoms with Crippen molar-refractivity contribution in [3.05, 3.63) is 75.0 Å². The van der Waals surface area contributed by atoms with Gasteiger partial charge in [-0.1, -0.05) is 23.5 Å². The molecule has 0 unspecified atom stereocenters. The fraction of sp³-hybridized carbons (Fsp3) is 0.0556. The first-order valence-corrected chi connectivity index (χ1v) is 8.85. The van der Waals surface area contributed by atoms with Crippen molar-refractivity contribution in [1.82, 2.24) is 4.98 Å². The molecular weight excluding hydrogens is 405 g/mol. The molecule has 0 fully saturated rings. The van der Waals surface area contributed by atoms with Crippen LogP contribution in [0.1, 0.15) is 21.6 Å². The summed E-state index contributed by atoms with van der Waals surface area (Å²) < 4.78 is 13.8. The molecule has 0 aliphatic heterocycles. The van der Waals surface area contributed by atoms with E-state index in [2.05, 4.69) is 27.0 Å². The molecular formula is C18H11BrFN3OS. The number of aromatic nitrogens is 1. The number of anilines is 2. The Labute approximate surface area is 156 Å². The fourth-order valence-corrected chi connectivity index (χ4v) is 3.65. The molecule has 0 amide bonds. The topological polar surface area (TPSA) is 57.0 Å². The predicted molar refractivity (Wildman–Crippen MR) is 98.6 cm³/mol.